The highest BCUT2D eigenvalue weighted by atomic mass is 15.2. The lowest BCUT2D eigenvalue weighted by Crippen LogP contribution is -2.56. The predicted molar refractivity (Wildman–Crippen MR) is 92.1 cm³/mol. The van der Waals surface area contributed by atoms with Crippen molar-refractivity contribution in [3.05, 3.63) is 29.3 Å². The van der Waals surface area contributed by atoms with Gasteiger partial charge in [-0.1, -0.05) is 13.0 Å². The Morgan fingerprint density at radius 1 is 1.19 bits per heavy atom. The number of hydrogen-bond acceptors (Lipinski definition) is 3. The van der Waals surface area contributed by atoms with Crippen molar-refractivity contribution in [3.8, 4) is 0 Å². The topological polar surface area (TPSA) is 18.5 Å². The lowest BCUT2D eigenvalue weighted by Gasteiger charge is -2.49. The van der Waals surface area contributed by atoms with E-state index in [1.165, 1.54) is 36.1 Å². The summed E-state index contributed by atoms with van der Waals surface area (Å²) in [5, 5.41) is 3.41. The van der Waals surface area contributed by atoms with Gasteiger partial charge in [0.2, 0.25) is 0 Å². The van der Waals surface area contributed by atoms with Gasteiger partial charge < -0.3 is 15.1 Å². The van der Waals surface area contributed by atoms with Crippen LogP contribution in [0.3, 0.4) is 0 Å². The lowest BCUT2D eigenvalue weighted by molar-refractivity contribution is 0.0683. The maximum absolute atomic E-state index is 3.41. The summed E-state index contributed by atoms with van der Waals surface area (Å²) in [6, 6.07) is 6.86. The molecular formula is C18H31N3. The summed E-state index contributed by atoms with van der Waals surface area (Å²) >= 11 is 0. The van der Waals surface area contributed by atoms with E-state index in [1.807, 2.05) is 0 Å². The quantitative estimate of drug-likeness (QED) is 0.832. The summed E-state index contributed by atoms with van der Waals surface area (Å²) in [6.07, 6.45) is 4.01. The van der Waals surface area contributed by atoms with Crippen molar-refractivity contribution in [2.45, 2.75) is 45.2 Å². The minimum absolute atomic E-state index is 0.380. The van der Waals surface area contributed by atoms with Crippen LogP contribution in [0.5, 0.6) is 0 Å². The van der Waals surface area contributed by atoms with Gasteiger partial charge >= 0.3 is 0 Å². The summed E-state index contributed by atoms with van der Waals surface area (Å²) in [7, 11) is 6.66. The second-order valence-electron chi connectivity index (χ2n) is 6.72. The fourth-order valence-electron chi connectivity index (χ4n) is 3.24. The molecule has 21 heavy (non-hydrogen) atoms. The maximum atomic E-state index is 3.41. The van der Waals surface area contributed by atoms with Crippen molar-refractivity contribution in [2.24, 2.45) is 0 Å². The monoisotopic (exact) mass is 289 g/mol. The molecule has 0 aliphatic heterocycles. The van der Waals surface area contributed by atoms with Gasteiger partial charge in [-0.2, -0.15) is 0 Å². The van der Waals surface area contributed by atoms with E-state index in [4.69, 9.17) is 0 Å². The second kappa shape index (κ2) is 6.80. The van der Waals surface area contributed by atoms with Crippen LogP contribution < -0.4 is 10.2 Å². The van der Waals surface area contributed by atoms with Gasteiger partial charge in [0.05, 0.1) is 0 Å². The van der Waals surface area contributed by atoms with Gasteiger partial charge in [0.1, 0.15) is 0 Å². The number of anilines is 1. The van der Waals surface area contributed by atoms with E-state index < -0.39 is 0 Å². The Morgan fingerprint density at radius 2 is 1.90 bits per heavy atom. The third-order valence-corrected chi connectivity index (χ3v) is 5.10. The van der Waals surface area contributed by atoms with Crippen LogP contribution >= 0.6 is 0 Å². The molecule has 118 valence electrons. The fraction of sp³-hybridized carbons (Fsp3) is 0.667. The van der Waals surface area contributed by atoms with Crippen LogP contribution in [0.15, 0.2) is 18.2 Å². The standard InChI is InChI=1S/C18H31N3/c1-6-19-13-16-8-9-17(12-15(16)2)21(5)14-18(20(3)4)10-7-11-18/h8-9,12,19H,6-7,10-11,13-14H2,1-5H3. The Balaban J connectivity index is 2.05. The van der Waals surface area contributed by atoms with Crippen LogP contribution in [0, 0.1) is 6.92 Å². The van der Waals surface area contributed by atoms with Crippen LogP contribution in [0.4, 0.5) is 5.69 Å². The Morgan fingerprint density at radius 3 is 2.38 bits per heavy atom. The molecule has 0 radical (unpaired) electrons. The first kappa shape index (κ1) is 16.3. The van der Waals surface area contributed by atoms with Crippen LogP contribution in [0.1, 0.15) is 37.3 Å². The number of benzene rings is 1. The molecular weight excluding hydrogens is 258 g/mol. The van der Waals surface area contributed by atoms with Crippen molar-refractivity contribution in [2.75, 3.05) is 39.1 Å². The normalized spacial score (nSPS) is 16.9. The molecule has 1 aliphatic rings. The third kappa shape index (κ3) is 3.58. The Labute approximate surface area is 130 Å². The first-order chi connectivity index (χ1) is 9.98. The molecule has 0 bridgehead atoms. The van der Waals surface area contributed by atoms with E-state index in [1.54, 1.807) is 0 Å². The molecule has 0 amide bonds. The summed E-state index contributed by atoms with van der Waals surface area (Å²) in [5.74, 6) is 0. The first-order valence-electron chi connectivity index (χ1n) is 8.17. The number of aryl methyl sites for hydroxylation is 1. The summed E-state index contributed by atoms with van der Waals surface area (Å²) < 4.78 is 0. The van der Waals surface area contributed by atoms with Gasteiger partial charge in [-0.3, -0.25) is 0 Å². The average Bonchev–Trinajstić information content (AvgIpc) is 2.40. The van der Waals surface area contributed by atoms with E-state index in [0.29, 0.717) is 5.54 Å². The molecule has 3 nitrogen and oxygen atoms in total. The molecule has 1 aliphatic carbocycles. The summed E-state index contributed by atoms with van der Waals surface area (Å²) in [5.41, 5.74) is 4.50. The van der Waals surface area contributed by atoms with Gasteiger partial charge in [-0.05, 0) is 70.1 Å². The van der Waals surface area contributed by atoms with E-state index in [2.05, 4.69) is 68.3 Å². The molecule has 1 N–H and O–H groups in total. The Kier molecular flexibility index (Phi) is 5.28. The molecule has 1 aromatic carbocycles. The van der Waals surface area contributed by atoms with Gasteiger partial charge in [0.15, 0.2) is 0 Å². The molecule has 0 unspecified atom stereocenters. The second-order valence-corrected chi connectivity index (χ2v) is 6.72. The first-order valence-corrected chi connectivity index (χ1v) is 8.17. The van der Waals surface area contributed by atoms with Gasteiger partial charge in [0.25, 0.3) is 0 Å². The van der Waals surface area contributed by atoms with Crippen molar-refractivity contribution in [1.29, 1.82) is 0 Å². The molecule has 0 aromatic heterocycles. The Hall–Kier alpha value is -1.06. The summed E-state index contributed by atoms with van der Waals surface area (Å²) in [6.45, 7) is 7.47. The summed E-state index contributed by atoms with van der Waals surface area (Å²) in [4.78, 5) is 4.84. The predicted octanol–water partition coefficient (Wildman–Crippen LogP) is 3.03. The molecule has 1 aromatic rings. The smallest absolute Gasteiger partial charge is 0.0378 e. The zero-order chi connectivity index (χ0) is 15.5. The zero-order valence-corrected chi connectivity index (χ0v) is 14.4. The third-order valence-electron chi connectivity index (χ3n) is 5.10. The van der Waals surface area contributed by atoms with E-state index in [0.717, 1.165) is 19.6 Å². The molecule has 0 atom stereocenters. The van der Waals surface area contributed by atoms with Crippen LogP contribution in [0.25, 0.3) is 0 Å². The number of nitrogens with one attached hydrogen (secondary N) is 1. The molecule has 1 saturated carbocycles. The van der Waals surface area contributed by atoms with Crippen molar-refractivity contribution in [1.82, 2.24) is 10.2 Å². The molecule has 2 rings (SSSR count). The number of likely N-dealkylation sites (N-methyl/N-ethyl adjacent to an activating group) is 2. The largest absolute Gasteiger partial charge is 0.373 e. The van der Waals surface area contributed by atoms with E-state index >= 15 is 0 Å². The molecule has 3 heteroatoms. The molecule has 0 spiro atoms. The number of rotatable bonds is 7. The zero-order valence-electron chi connectivity index (χ0n) is 14.4. The lowest BCUT2D eigenvalue weighted by atomic mass is 9.75. The number of hydrogen-bond donors (Lipinski definition) is 1. The highest BCUT2D eigenvalue weighted by Crippen LogP contribution is 2.37. The van der Waals surface area contributed by atoms with Gasteiger partial charge in [0, 0.05) is 31.4 Å². The average molecular weight is 289 g/mol. The van der Waals surface area contributed by atoms with Crippen LogP contribution in [-0.2, 0) is 6.54 Å². The minimum Gasteiger partial charge on any atom is -0.373 e. The Bertz CT molecular complexity index is 464. The number of nitrogens with zero attached hydrogens (tertiary/aromatic N) is 2. The minimum atomic E-state index is 0.380. The highest BCUT2D eigenvalue weighted by Gasteiger charge is 2.39. The molecule has 1 fully saturated rings. The van der Waals surface area contributed by atoms with E-state index in [-0.39, 0.29) is 0 Å². The van der Waals surface area contributed by atoms with Gasteiger partial charge in [-0.15, -0.1) is 0 Å². The van der Waals surface area contributed by atoms with Crippen molar-refractivity contribution in [3.63, 3.8) is 0 Å². The van der Waals surface area contributed by atoms with E-state index in [9.17, 15) is 0 Å². The van der Waals surface area contributed by atoms with Crippen LogP contribution in [0.2, 0.25) is 0 Å². The molecule has 0 heterocycles. The SMILES string of the molecule is CCNCc1ccc(N(C)CC2(N(C)C)CCC2)cc1C. The highest BCUT2D eigenvalue weighted by molar-refractivity contribution is 5.50. The van der Waals surface area contributed by atoms with Crippen molar-refractivity contribution < 1.29 is 0 Å². The molecule has 0 saturated heterocycles. The van der Waals surface area contributed by atoms with Gasteiger partial charge in [-0.25, -0.2) is 0 Å². The fourth-order valence-corrected chi connectivity index (χ4v) is 3.24. The van der Waals surface area contributed by atoms with Crippen molar-refractivity contribution >= 4 is 5.69 Å². The maximum Gasteiger partial charge on any atom is 0.0378 e. The van der Waals surface area contributed by atoms with Crippen LogP contribution in [-0.4, -0.2) is 44.7 Å².